The Bertz CT molecular complexity index is 521. The highest BCUT2D eigenvalue weighted by Gasteiger charge is 2.53. The molecule has 1 aromatic carbocycles. The first-order valence-corrected chi connectivity index (χ1v) is 7.32. The molecule has 2 fully saturated rings. The molecular weight excluding hydrogens is 252 g/mol. The Hall–Kier alpha value is -1.84. The van der Waals surface area contributed by atoms with E-state index in [-0.39, 0.29) is 11.3 Å². The largest absolute Gasteiger partial charge is 0.368 e. The van der Waals surface area contributed by atoms with Crippen LogP contribution in [0.1, 0.15) is 38.5 Å². The second-order valence-electron chi connectivity index (χ2n) is 5.97. The van der Waals surface area contributed by atoms with E-state index in [9.17, 15) is 9.59 Å². The molecule has 2 amide bonds. The van der Waals surface area contributed by atoms with E-state index in [0.29, 0.717) is 6.42 Å². The lowest BCUT2D eigenvalue weighted by Crippen LogP contribution is -2.43. The summed E-state index contributed by atoms with van der Waals surface area (Å²) in [6.45, 7) is 0. The first-order chi connectivity index (χ1) is 9.64. The van der Waals surface area contributed by atoms with Gasteiger partial charge in [-0.05, 0) is 31.4 Å². The van der Waals surface area contributed by atoms with Crippen LogP contribution in [0.5, 0.6) is 0 Å². The number of amides is 2. The summed E-state index contributed by atoms with van der Waals surface area (Å²) in [4.78, 5) is 26.3. The van der Waals surface area contributed by atoms with Crippen LogP contribution >= 0.6 is 0 Å². The minimum atomic E-state index is -0.497. The predicted octanol–water partition coefficient (Wildman–Crippen LogP) is 2.23. The fourth-order valence-corrected chi connectivity index (χ4v) is 3.71. The average Bonchev–Trinajstić information content (AvgIpc) is 2.74. The molecule has 1 heterocycles. The highest BCUT2D eigenvalue weighted by molar-refractivity contribution is 6.06. The number of anilines is 1. The third kappa shape index (κ3) is 1.99. The Kier molecular flexibility index (Phi) is 3.24. The zero-order chi connectivity index (χ0) is 14.2. The first kappa shape index (κ1) is 13.2. The van der Waals surface area contributed by atoms with E-state index in [4.69, 9.17) is 5.73 Å². The molecule has 20 heavy (non-hydrogen) atoms. The molecule has 0 bridgehead atoms. The number of carbonyl (C=O) groups is 2. The smallest absolute Gasteiger partial charge is 0.240 e. The normalized spacial score (nSPS) is 25.1. The summed E-state index contributed by atoms with van der Waals surface area (Å²) in [7, 11) is 0. The number of primary amides is 1. The summed E-state index contributed by atoms with van der Waals surface area (Å²) in [6.07, 6.45) is 5.68. The molecule has 0 radical (unpaired) electrons. The zero-order valence-electron chi connectivity index (χ0n) is 11.5. The quantitative estimate of drug-likeness (QED) is 0.897. The van der Waals surface area contributed by atoms with Crippen LogP contribution in [0.25, 0.3) is 0 Å². The van der Waals surface area contributed by atoms with Crippen LogP contribution in [0, 0.1) is 5.41 Å². The van der Waals surface area contributed by atoms with Gasteiger partial charge in [0.15, 0.2) is 0 Å². The van der Waals surface area contributed by atoms with Crippen molar-refractivity contribution < 1.29 is 9.59 Å². The van der Waals surface area contributed by atoms with Gasteiger partial charge in [-0.2, -0.15) is 0 Å². The van der Waals surface area contributed by atoms with Gasteiger partial charge < -0.3 is 5.73 Å². The second kappa shape index (κ2) is 4.93. The van der Waals surface area contributed by atoms with Gasteiger partial charge in [-0.15, -0.1) is 0 Å². The third-order valence-electron chi connectivity index (χ3n) is 4.74. The van der Waals surface area contributed by atoms with Crippen LogP contribution in [-0.4, -0.2) is 17.9 Å². The summed E-state index contributed by atoms with van der Waals surface area (Å²) in [5.74, 6) is -0.308. The zero-order valence-corrected chi connectivity index (χ0v) is 11.5. The van der Waals surface area contributed by atoms with Crippen LogP contribution in [0.2, 0.25) is 0 Å². The lowest BCUT2D eigenvalue weighted by molar-refractivity contribution is -0.127. The van der Waals surface area contributed by atoms with Gasteiger partial charge in [-0.25, -0.2) is 0 Å². The lowest BCUT2D eigenvalue weighted by Gasteiger charge is -2.31. The fourth-order valence-electron chi connectivity index (χ4n) is 3.71. The number of nitrogens with zero attached hydrogens (tertiary/aromatic N) is 1. The van der Waals surface area contributed by atoms with Crippen molar-refractivity contribution in [3.63, 3.8) is 0 Å². The second-order valence-corrected chi connectivity index (χ2v) is 5.97. The van der Waals surface area contributed by atoms with Gasteiger partial charge in [0.1, 0.15) is 6.04 Å². The molecule has 1 saturated heterocycles. The molecule has 2 aliphatic rings. The number of benzene rings is 1. The molecule has 1 aliphatic heterocycles. The van der Waals surface area contributed by atoms with Gasteiger partial charge in [0.25, 0.3) is 0 Å². The van der Waals surface area contributed by atoms with E-state index < -0.39 is 11.9 Å². The summed E-state index contributed by atoms with van der Waals surface area (Å²) in [6, 6.07) is 8.91. The molecule has 1 unspecified atom stereocenters. The summed E-state index contributed by atoms with van der Waals surface area (Å²) >= 11 is 0. The van der Waals surface area contributed by atoms with E-state index in [1.807, 2.05) is 30.3 Å². The molecule has 4 nitrogen and oxygen atoms in total. The maximum Gasteiger partial charge on any atom is 0.240 e. The van der Waals surface area contributed by atoms with E-state index in [0.717, 1.165) is 31.4 Å². The number of para-hydroxylation sites is 1. The van der Waals surface area contributed by atoms with Crippen LogP contribution in [0.4, 0.5) is 5.69 Å². The number of nitrogens with two attached hydrogens (primary N) is 1. The van der Waals surface area contributed by atoms with Crippen LogP contribution in [-0.2, 0) is 9.59 Å². The number of hydrogen-bond donors (Lipinski definition) is 1. The number of hydrogen-bond acceptors (Lipinski definition) is 2. The molecule has 2 N–H and O–H groups in total. The van der Waals surface area contributed by atoms with E-state index >= 15 is 0 Å². The SMILES string of the molecule is NC(=O)C1CC2(CCCCC2)C(=O)N1c1ccccc1. The Morgan fingerprint density at radius 2 is 1.80 bits per heavy atom. The lowest BCUT2D eigenvalue weighted by atomic mass is 9.72. The van der Waals surface area contributed by atoms with Gasteiger partial charge in [-0.3, -0.25) is 14.5 Å². The number of carbonyl (C=O) groups excluding carboxylic acids is 2. The van der Waals surface area contributed by atoms with Gasteiger partial charge in [0, 0.05) is 5.69 Å². The maximum atomic E-state index is 12.9. The number of rotatable bonds is 2. The molecule has 1 aliphatic carbocycles. The highest BCUT2D eigenvalue weighted by Crippen LogP contribution is 2.48. The molecule has 1 saturated carbocycles. The maximum absolute atomic E-state index is 12.9. The summed E-state index contributed by atoms with van der Waals surface area (Å²) in [5, 5.41) is 0. The van der Waals surface area contributed by atoms with Crippen molar-refractivity contribution >= 4 is 17.5 Å². The molecule has 4 heteroatoms. The van der Waals surface area contributed by atoms with Crippen molar-refractivity contribution in [3.05, 3.63) is 30.3 Å². The van der Waals surface area contributed by atoms with Gasteiger partial charge in [0.05, 0.1) is 5.41 Å². The van der Waals surface area contributed by atoms with Gasteiger partial charge in [0.2, 0.25) is 11.8 Å². The highest BCUT2D eigenvalue weighted by atomic mass is 16.2. The molecule has 3 rings (SSSR count). The van der Waals surface area contributed by atoms with Crippen molar-refractivity contribution in [2.75, 3.05) is 4.90 Å². The van der Waals surface area contributed by atoms with E-state index in [1.165, 1.54) is 6.42 Å². The monoisotopic (exact) mass is 272 g/mol. The standard InChI is InChI=1S/C16H20N2O2/c17-14(19)13-11-16(9-5-2-6-10-16)15(20)18(13)12-7-3-1-4-8-12/h1,3-4,7-8,13H,2,5-6,9-11H2,(H2,17,19). The van der Waals surface area contributed by atoms with Gasteiger partial charge in [-0.1, -0.05) is 37.5 Å². The van der Waals surface area contributed by atoms with E-state index in [1.54, 1.807) is 4.90 Å². The molecule has 1 aromatic rings. The van der Waals surface area contributed by atoms with E-state index in [2.05, 4.69) is 0 Å². The van der Waals surface area contributed by atoms with Crippen molar-refractivity contribution in [3.8, 4) is 0 Å². The van der Waals surface area contributed by atoms with Crippen LogP contribution in [0.3, 0.4) is 0 Å². The van der Waals surface area contributed by atoms with Gasteiger partial charge >= 0.3 is 0 Å². The average molecular weight is 272 g/mol. The van der Waals surface area contributed by atoms with Crippen molar-refractivity contribution in [1.29, 1.82) is 0 Å². The molecule has 0 aromatic heterocycles. The van der Waals surface area contributed by atoms with Crippen molar-refractivity contribution in [2.45, 2.75) is 44.6 Å². The summed E-state index contributed by atoms with van der Waals surface area (Å²) < 4.78 is 0. The third-order valence-corrected chi connectivity index (χ3v) is 4.74. The Morgan fingerprint density at radius 1 is 1.15 bits per heavy atom. The molecule has 1 spiro atoms. The summed E-state index contributed by atoms with van der Waals surface area (Å²) in [5.41, 5.74) is 5.97. The first-order valence-electron chi connectivity index (χ1n) is 7.32. The Labute approximate surface area is 118 Å². The van der Waals surface area contributed by atoms with Crippen LogP contribution in [0.15, 0.2) is 30.3 Å². The topological polar surface area (TPSA) is 63.4 Å². The Balaban J connectivity index is 1.98. The van der Waals surface area contributed by atoms with Crippen molar-refractivity contribution in [1.82, 2.24) is 0 Å². The molecular formula is C16H20N2O2. The Morgan fingerprint density at radius 3 is 2.40 bits per heavy atom. The van der Waals surface area contributed by atoms with Crippen LogP contribution < -0.4 is 10.6 Å². The predicted molar refractivity (Wildman–Crippen MR) is 77.0 cm³/mol. The van der Waals surface area contributed by atoms with Crippen molar-refractivity contribution in [2.24, 2.45) is 11.1 Å². The fraction of sp³-hybridized carbons (Fsp3) is 0.500. The minimum Gasteiger partial charge on any atom is -0.368 e. The minimum absolute atomic E-state index is 0.0900. The molecule has 106 valence electrons. The molecule has 1 atom stereocenters.